The number of piperazine rings is 1. The molecule has 1 saturated heterocycles. The fourth-order valence-corrected chi connectivity index (χ4v) is 3.75. The molecule has 0 aromatic carbocycles. The summed E-state index contributed by atoms with van der Waals surface area (Å²) in [5.74, 6) is 1.82. The molecule has 2 heteroatoms. The van der Waals surface area contributed by atoms with Crippen LogP contribution in [0.25, 0.3) is 0 Å². The van der Waals surface area contributed by atoms with Gasteiger partial charge in [-0.2, -0.15) is 0 Å². The maximum Gasteiger partial charge on any atom is 0.0309 e. The number of nitrogens with one attached hydrogen (secondary N) is 1. The van der Waals surface area contributed by atoms with Crippen LogP contribution in [0.5, 0.6) is 0 Å². The van der Waals surface area contributed by atoms with Gasteiger partial charge in [0.25, 0.3) is 0 Å². The maximum atomic E-state index is 3.78. The van der Waals surface area contributed by atoms with E-state index in [1.807, 2.05) is 0 Å². The molecule has 0 bridgehead atoms. The molecule has 1 heterocycles. The molecule has 0 aromatic rings. The molecular formula is C15H28N2. The maximum absolute atomic E-state index is 3.78. The van der Waals surface area contributed by atoms with Crippen molar-refractivity contribution in [1.29, 1.82) is 0 Å². The Kier molecular flexibility index (Phi) is 2.79. The fourth-order valence-electron chi connectivity index (χ4n) is 3.75. The summed E-state index contributed by atoms with van der Waals surface area (Å²) < 4.78 is 0. The zero-order valence-electron chi connectivity index (χ0n) is 11.8. The number of nitrogens with zero attached hydrogens (tertiary/aromatic N) is 1. The third-order valence-electron chi connectivity index (χ3n) is 5.64. The molecule has 0 radical (unpaired) electrons. The van der Waals surface area contributed by atoms with Crippen molar-refractivity contribution in [2.45, 2.75) is 52.0 Å². The standard InChI is InChI=1S/C15H28N2/c1-12(2)15(6-7-15)11-17-9-8-16-14(3,10-17)13-4-5-13/h12-13,16H,4-11H2,1-3H3. The van der Waals surface area contributed by atoms with Gasteiger partial charge in [0.1, 0.15) is 0 Å². The summed E-state index contributed by atoms with van der Waals surface area (Å²) in [7, 11) is 0. The van der Waals surface area contributed by atoms with E-state index >= 15 is 0 Å². The van der Waals surface area contributed by atoms with Gasteiger partial charge >= 0.3 is 0 Å². The third-order valence-corrected chi connectivity index (χ3v) is 5.64. The Balaban J connectivity index is 1.60. The van der Waals surface area contributed by atoms with E-state index in [2.05, 4.69) is 31.0 Å². The first-order valence-electron chi connectivity index (χ1n) is 7.51. The lowest BCUT2D eigenvalue weighted by atomic mass is 9.88. The third kappa shape index (κ3) is 2.26. The average Bonchev–Trinajstić information content (AvgIpc) is 3.13. The van der Waals surface area contributed by atoms with Crippen molar-refractivity contribution < 1.29 is 0 Å². The van der Waals surface area contributed by atoms with Gasteiger partial charge < -0.3 is 5.32 Å². The lowest BCUT2D eigenvalue weighted by Gasteiger charge is -2.43. The van der Waals surface area contributed by atoms with E-state index < -0.39 is 0 Å². The van der Waals surface area contributed by atoms with E-state index in [0.29, 0.717) is 11.0 Å². The first-order chi connectivity index (χ1) is 8.04. The first-order valence-corrected chi connectivity index (χ1v) is 7.51. The fraction of sp³-hybridized carbons (Fsp3) is 1.00. The molecule has 0 amide bonds. The molecule has 1 N–H and O–H groups in total. The van der Waals surface area contributed by atoms with Crippen molar-refractivity contribution in [2.24, 2.45) is 17.3 Å². The van der Waals surface area contributed by atoms with Gasteiger partial charge in [0.15, 0.2) is 0 Å². The monoisotopic (exact) mass is 236 g/mol. The second kappa shape index (κ2) is 3.96. The predicted octanol–water partition coefficient (Wildman–Crippen LogP) is 2.50. The number of hydrogen-bond acceptors (Lipinski definition) is 2. The van der Waals surface area contributed by atoms with Crippen LogP contribution >= 0.6 is 0 Å². The van der Waals surface area contributed by atoms with Crippen molar-refractivity contribution >= 4 is 0 Å². The van der Waals surface area contributed by atoms with Gasteiger partial charge in [0.05, 0.1) is 0 Å². The topological polar surface area (TPSA) is 15.3 Å². The molecule has 3 rings (SSSR count). The van der Waals surface area contributed by atoms with E-state index in [0.717, 1.165) is 11.8 Å². The highest BCUT2D eigenvalue weighted by molar-refractivity contribution is 5.04. The summed E-state index contributed by atoms with van der Waals surface area (Å²) >= 11 is 0. The summed E-state index contributed by atoms with van der Waals surface area (Å²) in [5.41, 5.74) is 1.10. The number of hydrogen-bond donors (Lipinski definition) is 1. The lowest BCUT2D eigenvalue weighted by molar-refractivity contribution is 0.0951. The zero-order valence-corrected chi connectivity index (χ0v) is 11.8. The summed E-state index contributed by atoms with van der Waals surface area (Å²) in [5, 5.41) is 3.78. The van der Waals surface area contributed by atoms with E-state index in [1.165, 1.54) is 51.9 Å². The van der Waals surface area contributed by atoms with Crippen LogP contribution in [0.3, 0.4) is 0 Å². The van der Waals surface area contributed by atoms with Crippen LogP contribution in [0.15, 0.2) is 0 Å². The van der Waals surface area contributed by atoms with Crippen molar-refractivity contribution in [3.05, 3.63) is 0 Å². The predicted molar refractivity (Wildman–Crippen MR) is 72.1 cm³/mol. The van der Waals surface area contributed by atoms with Gasteiger partial charge in [-0.05, 0) is 49.9 Å². The normalized spacial score (nSPS) is 37.4. The van der Waals surface area contributed by atoms with Crippen molar-refractivity contribution in [3.8, 4) is 0 Å². The Morgan fingerprint density at radius 1 is 1.29 bits per heavy atom. The van der Waals surface area contributed by atoms with Crippen molar-refractivity contribution in [3.63, 3.8) is 0 Å². The Morgan fingerprint density at radius 3 is 2.53 bits per heavy atom. The molecule has 0 spiro atoms. The lowest BCUT2D eigenvalue weighted by Crippen LogP contribution is -2.60. The number of rotatable bonds is 4. The van der Waals surface area contributed by atoms with Crippen LogP contribution in [-0.4, -0.2) is 36.6 Å². The zero-order chi connectivity index (χ0) is 12.1. The van der Waals surface area contributed by atoms with Crippen LogP contribution < -0.4 is 5.32 Å². The van der Waals surface area contributed by atoms with Crippen LogP contribution in [0.2, 0.25) is 0 Å². The Morgan fingerprint density at radius 2 is 2.00 bits per heavy atom. The molecule has 1 unspecified atom stereocenters. The minimum Gasteiger partial charge on any atom is -0.309 e. The molecule has 0 aromatic heterocycles. The molecule has 3 fully saturated rings. The molecule has 2 nitrogen and oxygen atoms in total. The van der Waals surface area contributed by atoms with Crippen LogP contribution in [0.1, 0.15) is 46.5 Å². The second-order valence-electron chi connectivity index (χ2n) is 7.35. The molecule has 17 heavy (non-hydrogen) atoms. The highest BCUT2D eigenvalue weighted by Crippen LogP contribution is 2.52. The average molecular weight is 236 g/mol. The largest absolute Gasteiger partial charge is 0.309 e. The van der Waals surface area contributed by atoms with Gasteiger partial charge in [0, 0.05) is 31.7 Å². The van der Waals surface area contributed by atoms with Gasteiger partial charge in [-0.15, -0.1) is 0 Å². The van der Waals surface area contributed by atoms with E-state index in [1.54, 1.807) is 0 Å². The van der Waals surface area contributed by atoms with Crippen LogP contribution in [0, 0.1) is 17.3 Å². The Labute approximate surface area is 106 Å². The second-order valence-corrected chi connectivity index (χ2v) is 7.35. The molecular weight excluding hydrogens is 208 g/mol. The smallest absolute Gasteiger partial charge is 0.0309 e. The van der Waals surface area contributed by atoms with Crippen molar-refractivity contribution in [1.82, 2.24) is 10.2 Å². The quantitative estimate of drug-likeness (QED) is 0.807. The Bertz CT molecular complexity index is 289. The van der Waals surface area contributed by atoms with E-state index in [9.17, 15) is 0 Å². The highest BCUT2D eigenvalue weighted by atomic mass is 15.2. The molecule has 1 aliphatic heterocycles. The summed E-state index contributed by atoms with van der Waals surface area (Å²) in [6.07, 6.45) is 5.84. The van der Waals surface area contributed by atoms with Crippen molar-refractivity contribution in [2.75, 3.05) is 26.2 Å². The Hall–Kier alpha value is -0.0800. The summed E-state index contributed by atoms with van der Waals surface area (Å²) in [6, 6.07) is 0. The highest BCUT2D eigenvalue weighted by Gasteiger charge is 2.49. The SMILES string of the molecule is CC(C)C1(CN2CCNC(C)(C3CC3)C2)CC1. The molecule has 2 saturated carbocycles. The summed E-state index contributed by atoms with van der Waals surface area (Å²) in [4.78, 5) is 2.75. The minimum absolute atomic E-state index is 0.422. The minimum atomic E-state index is 0.422. The molecule has 2 aliphatic carbocycles. The molecule has 3 aliphatic rings. The van der Waals surface area contributed by atoms with Gasteiger partial charge in [-0.3, -0.25) is 4.90 Å². The molecule has 98 valence electrons. The summed E-state index contributed by atoms with van der Waals surface area (Å²) in [6.45, 7) is 12.4. The van der Waals surface area contributed by atoms with Crippen LogP contribution in [0.4, 0.5) is 0 Å². The van der Waals surface area contributed by atoms with Gasteiger partial charge in [0.2, 0.25) is 0 Å². The first kappa shape index (κ1) is 12.0. The van der Waals surface area contributed by atoms with Gasteiger partial charge in [-0.1, -0.05) is 13.8 Å². The van der Waals surface area contributed by atoms with E-state index in [-0.39, 0.29) is 0 Å². The van der Waals surface area contributed by atoms with E-state index in [4.69, 9.17) is 0 Å². The molecule has 1 atom stereocenters. The van der Waals surface area contributed by atoms with Crippen LogP contribution in [-0.2, 0) is 0 Å². The van der Waals surface area contributed by atoms with Gasteiger partial charge in [-0.25, -0.2) is 0 Å².